The number of aliphatic carboxylic acids is 1. The second-order valence-corrected chi connectivity index (χ2v) is 6.98. The van der Waals surface area contributed by atoms with Crippen molar-refractivity contribution in [2.24, 2.45) is 11.3 Å². The van der Waals surface area contributed by atoms with Gasteiger partial charge in [0.15, 0.2) is 0 Å². The molecule has 1 N–H and O–H groups in total. The van der Waals surface area contributed by atoms with Gasteiger partial charge in [-0.2, -0.15) is 0 Å². The highest BCUT2D eigenvalue weighted by Gasteiger charge is 2.45. The van der Waals surface area contributed by atoms with Crippen LogP contribution in [0.5, 0.6) is 0 Å². The number of amides is 2. The maximum Gasteiger partial charge on any atom is 0.320 e. The maximum absolute atomic E-state index is 13.2. The number of nitrogens with zero attached hydrogens (tertiary/aromatic N) is 2. The summed E-state index contributed by atoms with van der Waals surface area (Å²) >= 11 is 0. The van der Waals surface area contributed by atoms with Gasteiger partial charge in [0.1, 0.15) is 0 Å². The molecule has 2 amide bonds. The van der Waals surface area contributed by atoms with Crippen molar-refractivity contribution >= 4 is 12.0 Å². The van der Waals surface area contributed by atoms with Crippen LogP contribution in [0, 0.1) is 11.3 Å². The molecule has 0 aromatic carbocycles. The zero-order chi connectivity index (χ0) is 16.5. The Bertz CT molecular complexity index is 446. The number of halogens is 2. The second-order valence-electron chi connectivity index (χ2n) is 6.98. The Balaban J connectivity index is 1.96. The fourth-order valence-corrected chi connectivity index (χ4v) is 3.51. The lowest BCUT2D eigenvalue weighted by molar-refractivity contribution is -0.153. The normalized spacial score (nSPS) is 23.9. The van der Waals surface area contributed by atoms with Crippen molar-refractivity contribution in [1.29, 1.82) is 0 Å². The smallest absolute Gasteiger partial charge is 0.320 e. The molecular weight excluding hydrogens is 294 g/mol. The summed E-state index contributed by atoms with van der Waals surface area (Å²) in [6.45, 7) is 4.14. The minimum atomic E-state index is -2.80. The van der Waals surface area contributed by atoms with Gasteiger partial charge in [-0.25, -0.2) is 13.6 Å². The van der Waals surface area contributed by atoms with Crippen LogP contribution in [0.1, 0.15) is 39.5 Å². The molecule has 0 aromatic heterocycles. The van der Waals surface area contributed by atoms with E-state index >= 15 is 0 Å². The molecule has 7 heteroatoms. The number of rotatable bonds is 3. The fourth-order valence-electron chi connectivity index (χ4n) is 3.51. The van der Waals surface area contributed by atoms with E-state index in [9.17, 15) is 23.5 Å². The van der Waals surface area contributed by atoms with Crippen LogP contribution in [0.4, 0.5) is 13.6 Å². The number of piperidine rings is 1. The largest absolute Gasteiger partial charge is 0.481 e. The van der Waals surface area contributed by atoms with E-state index in [1.54, 1.807) is 0 Å². The van der Waals surface area contributed by atoms with E-state index in [1.165, 1.54) is 9.80 Å². The summed E-state index contributed by atoms with van der Waals surface area (Å²) in [7, 11) is 0. The number of likely N-dealkylation sites (tertiary alicyclic amines) is 2. The molecule has 0 unspecified atom stereocenters. The summed E-state index contributed by atoms with van der Waals surface area (Å²) < 4.78 is 26.4. The van der Waals surface area contributed by atoms with E-state index in [0.29, 0.717) is 32.4 Å². The molecule has 2 fully saturated rings. The van der Waals surface area contributed by atoms with Crippen molar-refractivity contribution in [3.05, 3.63) is 0 Å². The molecule has 22 heavy (non-hydrogen) atoms. The summed E-state index contributed by atoms with van der Waals surface area (Å²) in [6.07, 6.45) is 1.05. The lowest BCUT2D eigenvalue weighted by atomic mass is 9.73. The van der Waals surface area contributed by atoms with Crippen LogP contribution in [0.25, 0.3) is 0 Å². The Labute approximate surface area is 129 Å². The van der Waals surface area contributed by atoms with Gasteiger partial charge in [0.25, 0.3) is 5.92 Å². The molecule has 0 bridgehead atoms. The average Bonchev–Trinajstić information content (AvgIpc) is 2.78. The Morgan fingerprint density at radius 1 is 1.09 bits per heavy atom. The standard InChI is InChI=1S/C15H24F2N2O3/c1-11(2)9-14(12(20)21)3-6-18(7-4-14)13(22)19-8-5-15(16,17)10-19/h11H,3-10H2,1-2H3,(H,20,21). The highest BCUT2D eigenvalue weighted by atomic mass is 19.3. The van der Waals surface area contributed by atoms with Crippen molar-refractivity contribution in [2.75, 3.05) is 26.2 Å². The van der Waals surface area contributed by atoms with Crippen LogP contribution in [-0.4, -0.2) is 59.0 Å². The van der Waals surface area contributed by atoms with Gasteiger partial charge in [-0.15, -0.1) is 0 Å². The third-order valence-corrected chi connectivity index (χ3v) is 4.68. The van der Waals surface area contributed by atoms with Crippen LogP contribution >= 0.6 is 0 Å². The van der Waals surface area contributed by atoms with Crippen molar-refractivity contribution in [3.63, 3.8) is 0 Å². The van der Waals surface area contributed by atoms with Crippen molar-refractivity contribution in [1.82, 2.24) is 9.80 Å². The van der Waals surface area contributed by atoms with Crippen LogP contribution in [0.15, 0.2) is 0 Å². The van der Waals surface area contributed by atoms with Gasteiger partial charge in [0.05, 0.1) is 12.0 Å². The second kappa shape index (κ2) is 6.01. The van der Waals surface area contributed by atoms with Crippen molar-refractivity contribution < 1.29 is 23.5 Å². The van der Waals surface area contributed by atoms with Gasteiger partial charge in [-0.3, -0.25) is 4.79 Å². The Kier molecular flexibility index (Phi) is 4.63. The van der Waals surface area contributed by atoms with Crippen molar-refractivity contribution in [3.8, 4) is 0 Å². The first-order valence-corrected chi connectivity index (χ1v) is 7.80. The number of carboxylic acid groups (broad SMARTS) is 1. The van der Waals surface area contributed by atoms with Gasteiger partial charge in [0, 0.05) is 26.1 Å². The highest BCUT2D eigenvalue weighted by molar-refractivity contribution is 5.77. The van der Waals surface area contributed by atoms with Gasteiger partial charge < -0.3 is 14.9 Å². The SMILES string of the molecule is CC(C)CC1(C(=O)O)CCN(C(=O)N2CCC(F)(F)C2)CC1. The summed E-state index contributed by atoms with van der Waals surface area (Å²) in [5.74, 6) is -3.36. The third-order valence-electron chi connectivity index (χ3n) is 4.68. The Morgan fingerprint density at radius 3 is 2.05 bits per heavy atom. The number of alkyl halides is 2. The number of carboxylic acids is 1. The van der Waals surface area contributed by atoms with Crippen molar-refractivity contribution in [2.45, 2.75) is 45.5 Å². The molecule has 2 aliphatic heterocycles. The quantitative estimate of drug-likeness (QED) is 0.870. The molecule has 2 aliphatic rings. The monoisotopic (exact) mass is 318 g/mol. The van der Waals surface area contributed by atoms with Gasteiger partial charge in [-0.05, 0) is 25.2 Å². The van der Waals surface area contributed by atoms with Gasteiger partial charge >= 0.3 is 12.0 Å². The summed E-state index contributed by atoms with van der Waals surface area (Å²) in [4.78, 5) is 26.6. The molecule has 126 valence electrons. The summed E-state index contributed by atoms with van der Waals surface area (Å²) in [5, 5.41) is 9.53. The predicted molar refractivity (Wildman–Crippen MR) is 76.9 cm³/mol. The molecule has 0 spiro atoms. The van der Waals surface area contributed by atoms with Gasteiger partial charge in [0.2, 0.25) is 0 Å². The molecule has 2 rings (SSSR count). The molecule has 2 saturated heterocycles. The average molecular weight is 318 g/mol. The number of hydrogen-bond acceptors (Lipinski definition) is 2. The summed E-state index contributed by atoms with van der Waals surface area (Å²) in [6, 6.07) is -0.388. The minimum Gasteiger partial charge on any atom is -0.481 e. The molecule has 0 aromatic rings. The van der Waals surface area contributed by atoms with E-state index in [2.05, 4.69) is 0 Å². The minimum absolute atomic E-state index is 0.0679. The van der Waals surface area contributed by atoms with E-state index in [-0.39, 0.29) is 24.9 Å². The Hall–Kier alpha value is -1.40. The van der Waals surface area contributed by atoms with E-state index in [4.69, 9.17) is 0 Å². The number of urea groups is 1. The van der Waals surface area contributed by atoms with Gasteiger partial charge in [-0.1, -0.05) is 13.8 Å². The lowest BCUT2D eigenvalue weighted by Crippen LogP contribution is -2.51. The molecular formula is C15H24F2N2O3. The van der Waals surface area contributed by atoms with E-state index in [0.717, 1.165) is 0 Å². The first-order valence-electron chi connectivity index (χ1n) is 7.80. The third kappa shape index (κ3) is 3.50. The first-order chi connectivity index (χ1) is 10.2. The predicted octanol–water partition coefficient (Wildman–Crippen LogP) is 2.66. The molecule has 0 radical (unpaired) electrons. The van der Waals surface area contributed by atoms with Crippen LogP contribution < -0.4 is 0 Å². The number of hydrogen-bond donors (Lipinski definition) is 1. The zero-order valence-electron chi connectivity index (χ0n) is 13.1. The first kappa shape index (κ1) is 17.0. The molecule has 0 aliphatic carbocycles. The van der Waals surface area contributed by atoms with E-state index < -0.39 is 23.9 Å². The molecule has 2 heterocycles. The topological polar surface area (TPSA) is 60.9 Å². The fraction of sp³-hybridized carbons (Fsp3) is 0.867. The molecule has 0 atom stereocenters. The van der Waals surface area contributed by atoms with E-state index in [1.807, 2.05) is 13.8 Å². The highest BCUT2D eigenvalue weighted by Crippen LogP contribution is 2.38. The van der Waals surface area contributed by atoms with Crippen LogP contribution in [0.3, 0.4) is 0 Å². The molecule has 0 saturated carbocycles. The zero-order valence-corrected chi connectivity index (χ0v) is 13.1. The molecule has 5 nitrogen and oxygen atoms in total. The summed E-state index contributed by atoms with van der Waals surface area (Å²) in [5.41, 5.74) is -0.792. The van der Waals surface area contributed by atoms with Crippen LogP contribution in [-0.2, 0) is 4.79 Å². The Morgan fingerprint density at radius 2 is 1.64 bits per heavy atom. The van der Waals surface area contributed by atoms with Crippen LogP contribution in [0.2, 0.25) is 0 Å². The lowest BCUT2D eigenvalue weighted by Gasteiger charge is -2.40. The maximum atomic E-state index is 13.2. The number of carbonyl (C=O) groups is 2. The number of carbonyl (C=O) groups excluding carboxylic acids is 1.